The number of rotatable bonds is 0. The number of hydrogen-bond donors (Lipinski definition) is 1. The molecular weight excluding hydrogens is 188 g/mol. The predicted molar refractivity (Wildman–Crippen MR) is 50.4 cm³/mol. The summed E-state index contributed by atoms with van der Waals surface area (Å²) in [4.78, 5) is 11.4. The minimum absolute atomic E-state index is 0.0685. The summed E-state index contributed by atoms with van der Waals surface area (Å²) in [7, 11) is 0. The molecule has 13 heavy (non-hydrogen) atoms. The average molecular weight is 197 g/mol. The number of hydrogen-bond acceptors (Lipinski definition) is 2. The van der Waals surface area contributed by atoms with Crippen LogP contribution in [0.25, 0.3) is 0 Å². The smallest absolute Gasteiger partial charge is 0.163 e. The molecule has 1 aliphatic carbocycles. The lowest BCUT2D eigenvalue weighted by Gasteiger charge is -2.15. The molecule has 1 aliphatic rings. The van der Waals surface area contributed by atoms with E-state index < -0.39 is 0 Å². The maximum atomic E-state index is 11.4. The van der Waals surface area contributed by atoms with Crippen molar-refractivity contribution in [2.45, 2.75) is 19.3 Å². The third-order valence-corrected chi connectivity index (χ3v) is 2.65. The van der Waals surface area contributed by atoms with Gasteiger partial charge in [-0.1, -0.05) is 11.6 Å². The Morgan fingerprint density at radius 3 is 2.85 bits per heavy atom. The predicted octanol–water partition coefficient (Wildman–Crippen LogP) is 2.56. The molecule has 3 heteroatoms. The van der Waals surface area contributed by atoms with E-state index in [9.17, 15) is 9.90 Å². The van der Waals surface area contributed by atoms with E-state index in [0.717, 1.165) is 18.4 Å². The first kappa shape index (κ1) is 8.57. The summed E-state index contributed by atoms with van der Waals surface area (Å²) in [5.41, 5.74) is 1.48. The molecule has 0 radical (unpaired) electrons. The van der Waals surface area contributed by atoms with Gasteiger partial charge in [-0.05, 0) is 30.5 Å². The lowest BCUT2D eigenvalue weighted by molar-refractivity contribution is 0.0972. The van der Waals surface area contributed by atoms with Crippen molar-refractivity contribution in [2.24, 2.45) is 0 Å². The molecule has 0 spiro atoms. The van der Waals surface area contributed by atoms with Crippen LogP contribution in [0.15, 0.2) is 12.1 Å². The largest absolute Gasteiger partial charge is 0.508 e. The van der Waals surface area contributed by atoms with Crippen LogP contribution < -0.4 is 0 Å². The molecule has 0 saturated carbocycles. The molecule has 0 amide bonds. The molecule has 0 aromatic heterocycles. The second-order valence-electron chi connectivity index (χ2n) is 3.23. The molecule has 0 aliphatic heterocycles. The zero-order chi connectivity index (χ0) is 9.42. The monoisotopic (exact) mass is 196 g/mol. The number of phenolic OH excluding ortho intramolecular Hbond substituents is 1. The van der Waals surface area contributed by atoms with Crippen molar-refractivity contribution in [3.63, 3.8) is 0 Å². The number of benzene rings is 1. The Bertz CT molecular complexity index is 371. The van der Waals surface area contributed by atoms with E-state index in [-0.39, 0.29) is 11.5 Å². The van der Waals surface area contributed by atoms with E-state index in [0.29, 0.717) is 17.0 Å². The van der Waals surface area contributed by atoms with Crippen LogP contribution in [0.5, 0.6) is 5.75 Å². The van der Waals surface area contributed by atoms with Gasteiger partial charge >= 0.3 is 0 Å². The fourth-order valence-corrected chi connectivity index (χ4v) is 1.99. The van der Waals surface area contributed by atoms with Crippen molar-refractivity contribution in [1.82, 2.24) is 0 Å². The fraction of sp³-hybridized carbons (Fsp3) is 0.300. The minimum Gasteiger partial charge on any atom is -0.508 e. The Labute approximate surface area is 81.1 Å². The van der Waals surface area contributed by atoms with Gasteiger partial charge in [-0.15, -0.1) is 0 Å². The number of carbonyl (C=O) groups excluding carboxylic acids is 1. The van der Waals surface area contributed by atoms with E-state index in [1.807, 2.05) is 0 Å². The summed E-state index contributed by atoms with van der Waals surface area (Å²) >= 11 is 5.90. The number of phenols is 1. The second kappa shape index (κ2) is 3.04. The highest BCUT2D eigenvalue weighted by Gasteiger charge is 2.19. The Hall–Kier alpha value is -1.02. The molecule has 1 N–H and O–H groups in total. The summed E-state index contributed by atoms with van der Waals surface area (Å²) in [6.07, 6.45) is 2.25. The molecule has 1 aromatic carbocycles. The Balaban J connectivity index is 2.63. The highest BCUT2D eigenvalue weighted by atomic mass is 35.5. The van der Waals surface area contributed by atoms with Crippen LogP contribution in [0.2, 0.25) is 5.02 Å². The van der Waals surface area contributed by atoms with Crippen LogP contribution >= 0.6 is 11.6 Å². The van der Waals surface area contributed by atoms with Crippen LogP contribution in [0, 0.1) is 0 Å². The molecule has 2 nitrogen and oxygen atoms in total. The zero-order valence-electron chi connectivity index (χ0n) is 7.01. The topological polar surface area (TPSA) is 37.3 Å². The zero-order valence-corrected chi connectivity index (χ0v) is 7.77. The van der Waals surface area contributed by atoms with E-state index in [2.05, 4.69) is 0 Å². The van der Waals surface area contributed by atoms with Gasteiger partial charge in [0.25, 0.3) is 0 Å². The van der Waals surface area contributed by atoms with Crippen molar-refractivity contribution in [1.29, 1.82) is 0 Å². The number of fused-ring (bicyclic) bond motifs is 1. The van der Waals surface area contributed by atoms with Crippen molar-refractivity contribution in [3.8, 4) is 5.75 Å². The van der Waals surface area contributed by atoms with Gasteiger partial charge in [0, 0.05) is 17.0 Å². The van der Waals surface area contributed by atoms with Gasteiger partial charge in [-0.3, -0.25) is 4.79 Å². The lowest BCUT2D eigenvalue weighted by Crippen LogP contribution is -2.10. The van der Waals surface area contributed by atoms with Crippen molar-refractivity contribution < 1.29 is 9.90 Å². The highest BCUT2D eigenvalue weighted by molar-refractivity contribution is 6.32. The highest BCUT2D eigenvalue weighted by Crippen LogP contribution is 2.31. The number of halogens is 1. The first-order valence-electron chi connectivity index (χ1n) is 4.23. The van der Waals surface area contributed by atoms with Crippen LogP contribution in [0.4, 0.5) is 0 Å². The first-order valence-corrected chi connectivity index (χ1v) is 4.61. The standard InChI is InChI=1S/C10H9ClO2/c11-9-5-6(12)4-8-7(9)2-1-3-10(8)13/h4-5,12H,1-3H2. The number of carbonyl (C=O) groups is 1. The molecule has 0 bridgehead atoms. The molecule has 0 atom stereocenters. The van der Waals surface area contributed by atoms with Gasteiger partial charge in [0.15, 0.2) is 5.78 Å². The first-order chi connectivity index (χ1) is 6.18. The number of Topliss-reactive ketones (excluding diaryl/α,β-unsaturated/α-hetero) is 1. The fourth-order valence-electron chi connectivity index (χ4n) is 1.69. The van der Waals surface area contributed by atoms with Crippen LogP contribution in [-0.4, -0.2) is 10.9 Å². The Morgan fingerprint density at radius 2 is 2.08 bits per heavy atom. The van der Waals surface area contributed by atoms with Gasteiger partial charge in [0.2, 0.25) is 0 Å². The van der Waals surface area contributed by atoms with E-state index >= 15 is 0 Å². The van der Waals surface area contributed by atoms with Gasteiger partial charge in [-0.2, -0.15) is 0 Å². The average Bonchev–Trinajstić information content (AvgIpc) is 2.07. The maximum absolute atomic E-state index is 11.4. The van der Waals surface area contributed by atoms with Crippen LogP contribution in [-0.2, 0) is 6.42 Å². The summed E-state index contributed by atoms with van der Waals surface area (Å²) in [5.74, 6) is 0.151. The van der Waals surface area contributed by atoms with E-state index in [1.54, 1.807) is 0 Å². The van der Waals surface area contributed by atoms with Crippen molar-refractivity contribution >= 4 is 17.4 Å². The van der Waals surface area contributed by atoms with E-state index in [4.69, 9.17) is 11.6 Å². The Morgan fingerprint density at radius 1 is 1.31 bits per heavy atom. The van der Waals surface area contributed by atoms with Gasteiger partial charge in [0.05, 0.1) is 0 Å². The molecule has 0 fully saturated rings. The van der Waals surface area contributed by atoms with Gasteiger partial charge in [0.1, 0.15) is 5.75 Å². The summed E-state index contributed by atoms with van der Waals surface area (Å²) in [6, 6.07) is 2.99. The minimum atomic E-state index is 0.0685. The molecule has 0 unspecified atom stereocenters. The lowest BCUT2D eigenvalue weighted by atomic mass is 9.90. The van der Waals surface area contributed by atoms with Crippen LogP contribution in [0.3, 0.4) is 0 Å². The normalized spacial score (nSPS) is 15.6. The quantitative estimate of drug-likeness (QED) is 0.693. The molecule has 2 rings (SSSR count). The number of ketones is 1. The third kappa shape index (κ3) is 1.42. The molecule has 68 valence electrons. The summed E-state index contributed by atoms with van der Waals surface area (Å²) in [5, 5.41) is 9.75. The van der Waals surface area contributed by atoms with Crippen molar-refractivity contribution in [2.75, 3.05) is 0 Å². The van der Waals surface area contributed by atoms with Gasteiger partial charge < -0.3 is 5.11 Å². The summed E-state index contributed by atoms with van der Waals surface area (Å²) in [6.45, 7) is 0. The third-order valence-electron chi connectivity index (χ3n) is 2.31. The van der Waals surface area contributed by atoms with E-state index in [1.165, 1.54) is 12.1 Å². The molecule has 0 saturated heterocycles. The molecule has 1 aromatic rings. The second-order valence-corrected chi connectivity index (χ2v) is 3.64. The molecular formula is C10H9ClO2. The van der Waals surface area contributed by atoms with Gasteiger partial charge in [-0.25, -0.2) is 0 Å². The SMILES string of the molecule is O=C1CCCc2c(Cl)cc(O)cc21. The molecule has 0 heterocycles. The number of aromatic hydroxyl groups is 1. The van der Waals surface area contributed by atoms with Crippen LogP contribution in [0.1, 0.15) is 28.8 Å². The Kier molecular flexibility index (Phi) is 2.00. The summed E-state index contributed by atoms with van der Waals surface area (Å²) < 4.78 is 0. The van der Waals surface area contributed by atoms with Crippen molar-refractivity contribution in [3.05, 3.63) is 28.3 Å². The maximum Gasteiger partial charge on any atom is 0.163 e.